The van der Waals surface area contributed by atoms with E-state index in [2.05, 4.69) is 29.4 Å². The van der Waals surface area contributed by atoms with Crippen molar-refractivity contribution in [1.29, 1.82) is 0 Å². The minimum atomic E-state index is 0.142. The molecule has 0 aromatic heterocycles. The van der Waals surface area contributed by atoms with Crippen molar-refractivity contribution in [1.82, 2.24) is 5.32 Å². The molecule has 0 aliphatic carbocycles. The quantitative estimate of drug-likeness (QED) is 0.846. The summed E-state index contributed by atoms with van der Waals surface area (Å²) in [5.74, 6) is 0.142. The summed E-state index contributed by atoms with van der Waals surface area (Å²) in [4.78, 5) is 13.9. The summed E-state index contributed by atoms with van der Waals surface area (Å²) in [7, 11) is 2.07. The summed E-state index contributed by atoms with van der Waals surface area (Å²) in [6, 6.07) is 10.1. The van der Waals surface area contributed by atoms with Gasteiger partial charge in [-0.2, -0.15) is 0 Å². The van der Waals surface area contributed by atoms with Crippen molar-refractivity contribution in [3.8, 4) is 0 Å². The molecule has 2 unspecified atom stereocenters. The Balaban J connectivity index is 1.81. The van der Waals surface area contributed by atoms with Crippen LogP contribution in [0.1, 0.15) is 43.0 Å². The predicted octanol–water partition coefficient (Wildman–Crippen LogP) is 2.61. The van der Waals surface area contributed by atoms with Gasteiger partial charge >= 0.3 is 0 Å². The zero-order chi connectivity index (χ0) is 13.4. The molecule has 2 atom stereocenters. The zero-order valence-electron chi connectivity index (χ0n) is 11.7. The van der Waals surface area contributed by atoms with Crippen LogP contribution in [0.15, 0.2) is 24.3 Å². The third kappa shape index (κ3) is 2.27. The van der Waals surface area contributed by atoms with Crippen molar-refractivity contribution in [2.24, 2.45) is 0 Å². The lowest BCUT2D eigenvalue weighted by Gasteiger charge is -2.40. The molecule has 2 bridgehead atoms. The van der Waals surface area contributed by atoms with Gasteiger partial charge < -0.3 is 10.2 Å². The smallest absolute Gasteiger partial charge is 0.159 e. The number of nitrogens with zero attached hydrogens (tertiary/aromatic N) is 1. The van der Waals surface area contributed by atoms with Gasteiger partial charge in [0.15, 0.2) is 5.78 Å². The van der Waals surface area contributed by atoms with E-state index in [4.69, 9.17) is 0 Å². The van der Waals surface area contributed by atoms with Gasteiger partial charge in [-0.05, 0) is 63.9 Å². The molecule has 3 heteroatoms. The molecule has 1 aromatic carbocycles. The molecule has 3 nitrogen and oxygen atoms in total. The highest BCUT2D eigenvalue weighted by Crippen LogP contribution is 2.39. The van der Waals surface area contributed by atoms with Crippen LogP contribution in [0.4, 0.5) is 5.69 Å². The number of hydrogen-bond acceptors (Lipinski definition) is 3. The van der Waals surface area contributed by atoms with Crippen molar-refractivity contribution in [3.63, 3.8) is 0 Å². The van der Waals surface area contributed by atoms with E-state index in [0.717, 1.165) is 5.56 Å². The highest BCUT2D eigenvalue weighted by Gasteiger charge is 2.40. The summed E-state index contributed by atoms with van der Waals surface area (Å²) < 4.78 is 0. The second kappa shape index (κ2) is 4.97. The summed E-state index contributed by atoms with van der Waals surface area (Å²) in [6.07, 6.45) is 5.08. The molecule has 3 rings (SSSR count). The Morgan fingerprint density at radius 2 is 1.74 bits per heavy atom. The Morgan fingerprint density at radius 3 is 2.21 bits per heavy atom. The lowest BCUT2D eigenvalue weighted by molar-refractivity contribution is 0.101. The zero-order valence-corrected chi connectivity index (χ0v) is 11.7. The van der Waals surface area contributed by atoms with Crippen molar-refractivity contribution in [2.45, 2.75) is 50.7 Å². The molecule has 0 radical (unpaired) electrons. The number of hydrogen-bond donors (Lipinski definition) is 1. The van der Waals surface area contributed by atoms with Gasteiger partial charge in [0.05, 0.1) is 0 Å². The molecular weight excluding hydrogens is 236 g/mol. The van der Waals surface area contributed by atoms with Crippen LogP contribution in [0.5, 0.6) is 0 Å². The lowest BCUT2D eigenvalue weighted by Crippen LogP contribution is -2.48. The second-order valence-corrected chi connectivity index (χ2v) is 5.85. The standard InChI is InChI=1S/C16H22N2O/c1-11(19)12-3-5-14(6-4-12)18-15-7-8-16(18)10-13(9-15)17-2/h3-6,13,15-17H,7-10H2,1-2H3. The van der Waals surface area contributed by atoms with Crippen molar-refractivity contribution >= 4 is 11.5 Å². The minimum Gasteiger partial charge on any atom is -0.365 e. The Hall–Kier alpha value is -1.35. The highest BCUT2D eigenvalue weighted by atomic mass is 16.1. The molecule has 0 spiro atoms. The number of nitrogens with one attached hydrogen (secondary N) is 1. The maximum Gasteiger partial charge on any atom is 0.159 e. The Labute approximate surface area is 115 Å². The number of rotatable bonds is 3. The summed E-state index contributed by atoms with van der Waals surface area (Å²) in [6.45, 7) is 1.62. The van der Waals surface area contributed by atoms with E-state index < -0.39 is 0 Å². The van der Waals surface area contributed by atoms with Gasteiger partial charge in [0.2, 0.25) is 0 Å². The Kier molecular flexibility index (Phi) is 3.31. The number of carbonyl (C=O) groups is 1. The molecule has 2 saturated heterocycles. The third-order valence-corrected chi connectivity index (χ3v) is 4.71. The van der Waals surface area contributed by atoms with Gasteiger partial charge in [0, 0.05) is 29.4 Å². The molecule has 2 aliphatic heterocycles. The first-order valence-electron chi connectivity index (χ1n) is 7.25. The molecular formula is C16H22N2O. The maximum absolute atomic E-state index is 11.3. The van der Waals surface area contributed by atoms with Crippen LogP contribution in [-0.2, 0) is 0 Å². The van der Waals surface area contributed by atoms with Gasteiger partial charge in [0.1, 0.15) is 0 Å². The fourth-order valence-electron chi connectivity index (χ4n) is 3.70. The van der Waals surface area contributed by atoms with Crippen LogP contribution in [0.2, 0.25) is 0 Å². The van der Waals surface area contributed by atoms with Crippen LogP contribution >= 0.6 is 0 Å². The molecule has 2 heterocycles. The molecule has 19 heavy (non-hydrogen) atoms. The highest BCUT2D eigenvalue weighted by molar-refractivity contribution is 5.94. The molecule has 2 aliphatic rings. The largest absolute Gasteiger partial charge is 0.365 e. The predicted molar refractivity (Wildman–Crippen MR) is 77.8 cm³/mol. The van der Waals surface area contributed by atoms with Gasteiger partial charge in [-0.15, -0.1) is 0 Å². The normalized spacial score (nSPS) is 29.6. The molecule has 1 N–H and O–H groups in total. The van der Waals surface area contributed by atoms with E-state index >= 15 is 0 Å². The Bertz CT molecular complexity index is 454. The molecule has 1 aromatic rings. The monoisotopic (exact) mass is 258 g/mol. The summed E-state index contributed by atoms with van der Waals surface area (Å²) in [5, 5.41) is 3.43. The van der Waals surface area contributed by atoms with E-state index in [1.807, 2.05) is 12.1 Å². The van der Waals surface area contributed by atoms with Crippen LogP contribution in [0.25, 0.3) is 0 Å². The van der Waals surface area contributed by atoms with Gasteiger partial charge in [-0.25, -0.2) is 0 Å². The second-order valence-electron chi connectivity index (χ2n) is 5.85. The number of piperidine rings is 1. The lowest BCUT2D eigenvalue weighted by atomic mass is 9.96. The van der Waals surface area contributed by atoms with E-state index in [9.17, 15) is 4.79 Å². The number of ketones is 1. The fraction of sp³-hybridized carbons (Fsp3) is 0.562. The average Bonchev–Trinajstić information content (AvgIpc) is 2.69. The van der Waals surface area contributed by atoms with Gasteiger partial charge in [-0.1, -0.05) is 0 Å². The van der Waals surface area contributed by atoms with Crippen molar-refractivity contribution in [3.05, 3.63) is 29.8 Å². The summed E-state index contributed by atoms with van der Waals surface area (Å²) >= 11 is 0. The van der Waals surface area contributed by atoms with Gasteiger partial charge in [0.25, 0.3) is 0 Å². The first kappa shape index (κ1) is 12.7. The number of Topliss-reactive ketones (excluding diaryl/α,β-unsaturated/α-hetero) is 1. The fourth-order valence-corrected chi connectivity index (χ4v) is 3.70. The maximum atomic E-state index is 11.3. The van der Waals surface area contributed by atoms with Crippen LogP contribution in [-0.4, -0.2) is 31.0 Å². The van der Waals surface area contributed by atoms with Crippen molar-refractivity contribution < 1.29 is 4.79 Å². The number of fused-ring (bicyclic) bond motifs is 2. The molecule has 2 fully saturated rings. The molecule has 0 amide bonds. The number of benzene rings is 1. The van der Waals surface area contributed by atoms with Crippen LogP contribution in [0, 0.1) is 0 Å². The summed E-state index contributed by atoms with van der Waals surface area (Å²) in [5.41, 5.74) is 2.09. The topological polar surface area (TPSA) is 32.3 Å². The first-order chi connectivity index (χ1) is 9.19. The van der Waals surface area contributed by atoms with E-state index in [1.54, 1.807) is 6.92 Å². The number of anilines is 1. The molecule has 0 saturated carbocycles. The number of carbonyl (C=O) groups excluding carboxylic acids is 1. The van der Waals surface area contributed by atoms with Crippen LogP contribution in [0.3, 0.4) is 0 Å². The van der Waals surface area contributed by atoms with Crippen molar-refractivity contribution in [2.75, 3.05) is 11.9 Å². The first-order valence-corrected chi connectivity index (χ1v) is 7.25. The van der Waals surface area contributed by atoms with Crippen LogP contribution < -0.4 is 10.2 Å². The van der Waals surface area contributed by atoms with E-state index in [1.165, 1.54) is 31.4 Å². The minimum absolute atomic E-state index is 0.142. The van der Waals surface area contributed by atoms with Gasteiger partial charge in [-0.3, -0.25) is 4.79 Å². The van der Waals surface area contributed by atoms with E-state index in [-0.39, 0.29) is 5.78 Å². The average molecular weight is 258 g/mol. The molecule has 102 valence electrons. The van der Waals surface area contributed by atoms with E-state index in [0.29, 0.717) is 18.1 Å². The third-order valence-electron chi connectivity index (χ3n) is 4.71. The Morgan fingerprint density at radius 1 is 1.16 bits per heavy atom. The SMILES string of the molecule is CNC1CC2CCC(C1)N2c1ccc(C(C)=O)cc1.